The highest BCUT2D eigenvalue weighted by Crippen LogP contribution is 2.27. The summed E-state index contributed by atoms with van der Waals surface area (Å²) >= 11 is 1.32. The fourth-order valence-electron chi connectivity index (χ4n) is 3.11. The molecular formula is C24H27N3O5S. The van der Waals surface area contributed by atoms with Gasteiger partial charge in [-0.05, 0) is 42.3 Å². The van der Waals surface area contributed by atoms with Crippen LogP contribution in [0.25, 0.3) is 11.3 Å². The molecule has 8 nitrogen and oxygen atoms in total. The highest BCUT2D eigenvalue weighted by atomic mass is 32.1. The Morgan fingerprint density at radius 3 is 2.06 bits per heavy atom. The van der Waals surface area contributed by atoms with Gasteiger partial charge in [-0.1, -0.05) is 13.8 Å². The molecule has 2 N–H and O–H groups in total. The second-order valence-corrected chi connectivity index (χ2v) is 8.41. The fraction of sp³-hybridized carbons (Fsp3) is 0.292. The Balaban J connectivity index is 1.72. The zero-order chi connectivity index (χ0) is 24.0. The van der Waals surface area contributed by atoms with E-state index in [-0.39, 0.29) is 11.8 Å². The van der Waals surface area contributed by atoms with Gasteiger partial charge in [-0.25, -0.2) is 4.98 Å². The first kappa shape index (κ1) is 24.1. The van der Waals surface area contributed by atoms with Gasteiger partial charge in [-0.15, -0.1) is 11.3 Å². The van der Waals surface area contributed by atoms with Crippen molar-refractivity contribution in [2.24, 2.45) is 5.92 Å². The molecule has 2 aromatic carbocycles. The number of ether oxygens (including phenoxy) is 3. The summed E-state index contributed by atoms with van der Waals surface area (Å²) in [6, 6.07) is 11.6. The van der Waals surface area contributed by atoms with Crippen molar-refractivity contribution in [3.8, 4) is 28.5 Å². The number of anilines is 1. The van der Waals surface area contributed by atoms with Crippen LogP contribution >= 0.6 is 11.3 Å². The van der Waals surface area contributed by atoms with Gasteiger partial charge in [0, 0.05) is 22.6 Å². The van der Waals surface area contributed by atoms with E-state index >= 15 is 0 Å². The minimum absolute atomic E-state index is 0.150. The van der Waals surface area contributed by atoms with E-state index in [1.165, 1.54) is 25.6 Å². The number of benzene rings is 2. The molecule has 1 heterocycles. The molecule has 0 saturated heterocycles. The highest BCUT2D eigenvalue weighted by molar-refractivity contribution is 7.14. The third-order valence-electron chi connectivity index (χ3n) is 4.97. The molecule has 2 amide bonds. The van der Waals surface area contributed by atoms with Crippen LogP contribution in [0.4, 0.5) is 5.13 Å². The molecule has 0 spiro atoms. The maximum atomic E-state index is 13.0. The number of aromatic nitrogens is 1. The molecule has 0 unspecified atom stereocenters. The fourth-order valence-corrected chi connectivity index (χ4v) is 3.83. The maximum absolute atomic E-state index is 13.0. The van der Waals surface area contributed by atoms with Gasteiger partial charge in [0.15, 0.2) is 5.13 Å². The number of rotatable bonds is 9. The molecule has 0 bridgehead atoms. The third-order valence-corrected chi connectivity index (χ3v) is 5.73. The van der Waals surface area contributed by atoms with E-state index in [1.807, 2.05) is 43.5 Å². The van der Waals surface area contributed by atoms with Crippen LogP contribution in [0.3, 0.4) is 0 Å². The van der Waals surface area contributed by atoms with Gasteiger partial charge in [-0.2, -0.15) is 0 Å². The van der Waals surface area contributed by atoms with Crippen LogP contribution in [0, 0.1) is 5.92 Å². The minimum Gasteiger partial charge on any atom is -0.497 e. The molecule has 0 saturated carbocycles. The van der Waals surface area contributed by atoms with Crippen LogP contribution < -0.4 is 24.8 Å². The Bertz CT molecular complexity index is 1090. The number of methoxy groups -OCH3 is 3. The van der Waals surface area contributed by atoms with Gasteiger partial charge in [0.1, 0.15) is 23.3 Å². The van der Waals surface area contributed by atoms with Crippen LogP contribution in [0.1, 0.15) is 24.2 Å². The monoisotopic (exact) mass is 469 g/mol. The molecule has 3 rings (SSSR count). The number of carbonyl (C=O) groups is 2. The molecule has 33 heavy (non-hydrogen) atoms. The molecule has 0 aliphatic heterocycles. The van der Waals surface area contributed by atoms with Gasteiger partial charge in [0.2, 0.25) is 5.91 Å². The van der Waals surface area contributed by atoms with Crippen molar-refractivity contribution in [3.63, 3.8) is 0 Å². The number of hydrogen-bond acceptors (Lipinski definition) is 7. The smallest absolute Gasteiger partial charge is 0.252 e. The number of thiazole rings is 1. The lowest BCUT2D eigenvalue weighted by atomic mass is 10.0. The molecule has 3 aromatic rings. The van der Waals surface area contributed by atoms with Crippen molar-refractivity contribution < 1.29 is 23.8 Å². The Hall–Kier alpha value is -3.59. The van der Waals surface area contributed by atoms with Gasteiger partial charge < -0.3 is 24.8 Å². The van der Waals surface area contributed by atoms with Crippen LogP contribution in [-0.4, -0.2) is 44.2 Å². The molecule has 0 aliphatic rings. The second kappa shape index (κ2) is 10.8. The first-order chi connectivity index (χ1) is 15.8. The summed E-state index contributed by atoms with van der Waals surface area (Å²) in [5, 5.41) is 7.94. The summed E-state index contributed by atoms with van der Waals surface area (Å²) in [5.41, 5.74) is 1.99. The lowest BCUT2D eigenvalue weighted by Gasteiger charge is -2.21. The molecule has 1 aromatic heterocycles. The zero-order valence-corrected chi connectivity index (χ0v) is 20.0. The summed E-state index contributed by atoms with van der Waals surface area (Å²) in [6.07, 6.45) is 0. The Labute approximate surface area is 196 Å². The molecule has 1 atom stereocenters. The predicted octanol–water partition coefficient (Wildman–Crippen LogP) is 4.23. The van der Waals surface area contributed by atoms with E-state index in [0.717, 1.165) is 17.0 Å². The van der Waals surface area contributed by atoms with Crippen molar-refractivity contribution in [2.45, 2.75) is 19.9 Å². The average Bonchev–Trinajstić information content (AvgIpc) is 3.29. The molecule has 0 aliphatic carbocycles. The largest absolute Gasteiger partial charge is 0.497 e. The van der Waals surface area contributed by atoms with E-state index < -0.39 is 11.9 Å². The van der Waals surface area contributed by atoms with Crippen LogP contribution in [0.15, 0.2) is 47.8 Å². The predicted molar refractivity (Wildman–Crippen MR) is 128 cm³/mol. The average molecular weight is 470 g/mol. The van der Waals surface area contributed by atoms with E-state index in [0.29, 0.717) is 22.2 Å². The van der Waals surface area contributed by atoms with Crippen molar-refractivity contribution in [2.75, 3.05) is 26.6 Å². The molecule has 9 heteroatoms. The maximum Gasteiger partial charge on any atom is 0.252 e. The lowest BCUT2D eigenvalue weighted by molar-refractivity contribution is -0.118. The number of nitrogens with one attached hydrogen (secondary N) is 2. The van der Waals surface area contributed by atoms with Crippen molar-refractivity contribution in [1.82, 2.24) is 10.3 Å². The molecule has 0 fully saturated rings. The summed E-state index contributed by atoms with van der Waals surface area (Å²) in [5.74, 6) is 0.829. The van der Waals surface area contributed by atoms with E-state index in [9.17, 15) is 9.59 Å². The van der Waals surface area contributed by atoms with Crippen LogP contribution in [0.5, 0.6) is 17.2 Å². The highest BCUT2D eigenvalue weighted by Gasteiger charge is 2.26. The van der Waals surface area contributed by atoms with Crippen LogP contribution in [0.2, 0.25) is 0 Å². The second-order valence-electron chi connectivity index (χ2n) is 7.55. The van der Waals surface area contributed by atoms with Crippen LogP contribution in [-0.2, 0) is 4.79 Å². The van der Waals surface area contributed by atoms with Crippen molar-refractivity contribution in [1.29, 1.82) is 0 Å². The number of amides is 2. The Morgan fingerprint density at radius 1 is 0.909 bits per heavy atom. The zero-order valence-electron chi connectivity index (χ0n) is 19.2. The summed E-state index contributed by atoms with van der Waals surface area (Å²) in [4.78, 5) is 30.3. The van der Waals surface area contributed by atoms with E-state index in [2.05, 4.69) is 15.6 Å². The number of hydrogen-bond donors (Lipinski definition) is 2. The quantitative estimate of drug-likeness (QED) is 0.487. The van der Waals surface area contributed by atoms with Gasteiger partial charge in [-0.3, -0.25) is 9.59 Å². The number of carbonyl (C=O) groups excluding carboxylic acids is 2. The van der Waals surface area contributed by atoms with Gasteiger partial charge in [0.05, 0.1) is 27.0 Å². The van der Waals surface area contributed by atoms with Gasteiger partial charge in [0.25, 0.3) is 5.91 Å². The molecule has 0 radical (unpaired) electrons. The van der Waals surface area contributed by atoms with Crippen molar-refractivity contribution >= 4 is 28.3 Å². The summed E-state index contributed by atoms with van der Waals surface area (Å²) < 4.78 is 15.6. The standard InChI is InChI=1S/C24H27N3O5S/c1-14(2)21(26-22(28)16-10-18(31-4)12-19(11-16)32-5)23(29)27-24-25-20(13-33-24)15-6-8-17(30-3)9-7-15/h6-14,21H,1-5H3,(H,26,28)(H,25,27,29)/t21-/m0/s1. The first-order valence-electron chi connectivity index (χ1n) is 10.3. The Kier molecular flexibility index (Phi) is 7.89. The van der Waals surface area contributed by atoms with Crippen molar-refractivity contribution in [3.05, 3.63) is 53.4 Å². The topological polar surface area (TPSA) is 98.8 Å². The molecular weight excluding hydrogens is 442 g/mol. The first-order valence-corrected chi connectivity index (χ1v) is 11.2. The molecule has 174 valence electrons. The van der Waals surface area contributed by atoms with E-state index in [1.54, 1.807) is 25.3 Å². The minimum atomic E-state index is -0.761. The third kappa shape index (κ3) is 6.01. The summed E-state index contributed by atoms with van der Waals surface area (Å²) in [7, 11) is 4.63. The lowest BCUT2D eigenvalue weighted by Crippen LogP contribution is -2.47. The Morgan fingerprint density at radius 2 is 1.52 bits per heavy atom. The van der Waals surface area contributed by atoms with E-state index in [4.69, 9.17) is 14.2 Å². The van der Waals surface area contributed by atoms with Gasteiger partial charge >= 0.3 is 0 Å². The number of nitrogens with zero attached hydrogens (tertiary/aromatic N) is 1. The SMILES string of the molecule is COc1ccc(-c2csc(NC(=O)[C@@H](NC(=O)c3cc(OC)cc(OC)c3)C(C)C)n2)cc1. The normalized spacial score (nSPS) is 11.6. The summed E-state index contributed by atoms with van der Waals surface area (Å²) in [6.45, 7) is 3.72.